The summed E-state index contributed by atoms with van der Waals surface area (Å²) in [5, 5.41) is 5.66. The van der Waals surface area contributed by atoms with E-state index in [4.69, 9.17) is 4.74 Å². The van der Waals surface area contributed by atoms with Crippen LogP contribution in [-0.2, 0) is 4.74 Å². The standard InChI is InChI=1S/C23H26.C5H6O/c1-15(2)14-18-9-8-16(3)23-20(18)12-13-21-19-7-5-4-6-17(19)10-11-22(21)23;1-2-4-6-5-3-1/h4-7,10-13,15-16,18H,8-9,14H2,1-3H3;1-4H,5H2. The van der Waals surface area contributed by atoms with Crippen LogP contribution in [0.25, 0.3) is 21.5 Å². The number of allylic oxidation sites excluding steroid dienone is 2. The maximum atomic E-state index is 4.80. The van der Waals surface area contributed by atoms with Crippen LogP contribution in [0, 0.1) is 5.92 Å². The van der Waals surface area contributed by atoms with Gasteiger partial charge in [0.25, 0.3) is 0 Å². The molecule has 3 aromatic rings. The van der Waals surface area contributed by atoms with Crippen LogP contribution in [0.4, 0.5) is 0 Å². The molecule has 0 fully saturated rings. The number of ether oxygens (including phenoxy) is 1. The van der Waals surface area contributed by atoms with E-state index in [1.165, 1.54) is 40.8 Å². The summed E-state index contributed by atoms with van der Waals surface area (Å²) in [5.41, 5.74) is 3.25. The summed E-state index contributed by atoms with van der Waals surface area (Å²) >= 11 is 0. The summed E-state index contributed by atoms with van der Waals surface area (Å²) in [5.74, 6) is 2.20. The molecule has 0 radical (unpaired) electrons. The molecule has 0 spiro atoms. The maximum Gasteiger partial charge on any atom is 0.106 e. The Kier molecular flexibility index (Phi) is 6.04. The molecule has 150 valence electrons. The molecule has 0 bridgehead atoms. The normalized spacial score (nSPS) is 20.3. The van der Waals surface area contributed by atoms with Gasteiger partial charge in [-0.05, 0) is 81.8 Å². The van der Waals surface area contributed by atoms with Gasteiger partial charge in [-0.15, -0.1) is 0 Å². The van der Waals surface area contributed by atoms with Crippen molar-refractivity contribution in [3.63, 3.8) is 0 Å². The fourth-order valence-corrected chi connectivity index (χ4v) is 4.95. The van der Waals surface area contributed by atoms with E-state index in [1.54, 1.807) is 17.4 Å². The Hall–Kier alpha value is -2.54. The van der Waals surface area contributed by atoms with Crippen LogP contribution in [0.1, 0.15) is 63.0 Å². The van der Waals surface area contributed by atoms with Crippen molar-refractivity contribution in [1.29, 1.82) is 0 Å². The van der Waals surface area contributed by atoms with Crippen LogP contribution >= 0.6 is 0 Å². The number of fused-ring (bicyclic) bond motifs is 5. The lowest BCUT2D eigenvalue weighted by Crippen LogP contribution is -2.15. The van der Waals surface area contributed by atoms with Crippen molar-refractivity contribution in [2.45, 2.75) is 51.9 Å². The molecule has 1 heteroatoms. The second kappa shape index (κ2) is 8.86. The molecular weight excluding hydrogens is 352 g/mol. The molecule has 1 aliphatic heterocycles. The van der Waals surface area contributed by atoms with Crippen molar-refractivity contribution in [2.75, 3.05) is 6.61 Å². The van der Waals surface area contributed by atoms with E-state index >= 15 is 0 Å². The van der Waals surface area contributed by atoms with Crippen molar-refractivity contribution in [2.24, 2.45) is 5.92 Å². The highest BCUT2D eigenvalue weighted by Crippen LogP contribution is 2.45. The first-order valence-electron chi connectivity index (χ1n) is 11.0. The van der Waals surface area contributed by atoms with Crippen molar-refractivity contribution < 1.29 is 4.74 Å². The highest BCUT2D eigenvalue weighted by atomic mass is 16.5. The van der Waals surface area contributed by atoms with E-state index in [-0.39, 0.29) is 0 Å². The van der Waals surface area contributed by atoms with Crippen molar-refractivity contribution in [3.05, 3.63) is 84.1 Å². The van der Waals surface area contributed by atoms with E-state index in [1.807, 2.05) is 18.2 Å². The minimum atomic E-state index is 0.679. The number of hydrogen-bond donors (Lipinski definition) is 0. The van der Waals surface area contributed by atoms with Gasteiger partial charge in [0.1, 0.15) is 6.61 Å². The highest BCUT2D eigenvalue weighted by Gasteiger charge is 2.27. The zero-order chi connectivity index (χ0) is 20.2. The van der Waals surface area contributed by atoms with Gasteiger partial charge in [-0.2, -0.15) is 0 Å². The van der Waals surface area contributed by atoms with Crippen molar-refractivity contribution in [1.82, 2.24) is 0 Å². The molecule has 5 rings (SSSR count). The molecule has 2 unspecified atom stereocenters. The Morgan fingerprint density at radius 2 is 1.72 bits per heavy atom. The molecule has 2 atom stereocenters. The van der Waals surface area contributed by atoms with Crippen molar-refractivity contribution >= 4 is 21.5 Å². The SMILES string of the molecule is C1=CCOC=C1.CC(C)CC1CCC(C)c2c1ccc1c2ccc2ccccc21. The molecule has 1 heterocycles. The lowest BCUT2D eigenvalue weighted by Gasteiger charge is -2.32. The molecule has 2 aliphatic rings. The molecular formula is C28H32O. The average Bonchev–Trinajstić information content (AvgIpc) is 2.76. The monoisotopic (exact) mass is 384 g/mol. The maximum absolute atomic E-state index is 4.80. The lowest BCUT2D eigenvalue weighted by atomic mass is 9.73. The Morgan fingerprint density at radius 3 is 2.41 bits per heavy atom. The fraction of sp³-hybridized carbons (Fsp3) is 0.357. The summed E-state index contributed by atoms with van der Waals surface area (Å²) < 4.78 is 4.80. The van der Waals surface area contributed by atoms with Gasteiger partial charge in [-0.25, -0.2) is 0 Å². The first kappa shape index (κ1) is 19.8. The van der Waals surface area contributed by atoms with Gasteiger partial charge in [-0.1, -0.05) is 75.4 Å². The van der Waals surface area contributed by atoms with Gasteiger partial charge in [0.15, 0.2) is 0 Å². The summed E-state index contributed by atoms with van der Waals surface area (Å²) in [6.07, 6.45) is 11.5. The van der Waals surface area contributed by atoms with Crippen LogP contribution in [-0.4, -0.2) is 6.61 Å². The minimum Gasteiger partial charge on any atom is -0.497 e. The zero-order valence-corrected chi connectivity index (χ0v) is 17.9. The molecule has 1 nitrogen and oxygen atoms in total. The van der Waals surface area contributed by atoms with Gasteiger partial charge >= 0.3 is 0 Å². The third-order valence-electron chi connectivity index (χ3n) is 6.25. The first-order chi connectivity index (χ1) is 14.1. The molecule has 0 saturated heterocycles. The number of rotatable bonds is 2. The van der Waals surface area contributed by atoms with Crippen LogP contribution in [0.5, 0.6) is 0 Å². The molecule has 0 N–H and O–H groups in total. The Labute approximate surface area is 175 Å². The molecule has 0 amide bonds. The van der Waals surface area contributed by atoms with Crippen LogP contribution in [0.15, 0.2) is 73.0 Å². The Balaban J connectivity index is 0.000000294. The number of hydrogen-bond acceptors (Lipinski definition) is 1. The van der Waals surface area contributed by atoms with Crippen LogP contribution in [0.3, 0.4) is 0 Å². The van der Waals surface area contributed by atoms with Gasteiger partial charge in [0.2, 0.25) is 0 Å². The number of benzene rings is 3. The summed E-state index contributed by atoms with van der Waals surface area (Å²) in [4.78, 5) is 0. The molecule has 0 aromatic heterocycles. The summed E-state index contributed by atoms with van der Waals surface area (Å²) in [6, 6.07) is 18.3. The second-order valence-corrected chi connectivity index (χ2v) is 8.85. The van der Waals surface area contributed by atoms with Crippen LogP contribution in [0.2, 0.25) is 0 Å². The molecule has 1 aliphatic carbocycles. The first-order valence-corrected chi connectivity index (χ1v) is 11.0. The quantitative estimate of drug-likeness (QED) is 0.405. The average molecular weight is 385 g/mol. The third kappa shape index (κ3) is 4.24. The molecule has 29 heavy (non-hydrogen) atoms. The lowest BCUT2D eigenvalue weighted by molar-refractivity contribution is 0.286. The van der Waals surface area contributed by atoms with Crippen molar-refractivity contribution in [3.8, 4) is 0 Å². The predicted molar refractivity (Wildman–Crippen MR) is 126 cm³/mol. The summed E-state index contributed by atoms with van der Waals surface area (Å²) in [7, 11) is 0. The smallest absolute Gasteiger partial charge is 0.106 e. The van der Waals surface area contributed by atoms with E-state index < -0.39 is 0 Å². The van der Waals surface area contributed by atoms with E-state index in [9.17, 15) is 0 Å². The minimum absolute atomic E-state index is 0.679. The highest BCUT2D eigenvalue weighted by molar-refractivity contribution is 6.08. The third-order valence-corrected chi connectivity index (χ3v) is 6.25. The van der Waals surface area contributed by atoms with Gasteiger partial charge in [0, 0.05) is 0 Å². The predicted octanol–water partition coefficient (Wildman–Crippen LogP) is 8.11. The zero-order valence-electron chi connectivity index (χ0n) is 17.9. The fourth-order valence-electron chi connectivity index (χ4n) is 4.95. The van der Waals surface area contributed by atoms with E-state index in [0.29, 0.717) is 5.92 Å². The van der Waals surface area contributed by atoms with Gasteiger partial charge in [-0.3, -0.25) is 0 Å². The Morgan fingerprint density at radius 1 is 0.897 bits per heavy atom. The van der Waals surface area contributed by atoms with Gasteiger partial charge < -0.3 is 4.74 Å². The van der Waals surface area contributed by atoms with E-state index in [0.717, 1.165) is 18.4 Å². The topological polar surface area (TPSA) is 9.23 Å². The molecule has 3 aromatic carbocycles. The van der Waals surface area contributed by atoms with E-state index in [2.05, 4.69) is 69.3 Å². The summed E-state index contributed by atoms with van der Waals surface area (Å²) in [6.45, 7) is 7.86. The second-order valence-electron chi connectivity index (χ2n) is 8.85. The molecule has 0 saturated carbocycles. The Bertz CT molecular complexity index is 1030. The van der Waals surface area contributed by atoms with Gasteiger partial charge in [0.05, 0.1) is 6.26 Å². The van der Waals surface area contributed by atoms with Crippen LogP contribution < -0.4 is 0 Å². The largest absolute Gasteiger partial charge is 0.497 e.